The van der Waals surface area contributed by atoms with E-state index >= 15 is 0 Å². The molecule has 154 valence electrons. The molecule has 1 fully saturated rings. The van der Waals surface area contributed by atoms with Crippen molar-refractivity contribution in [2.75, 3.05) is 0 Å². The van der Waals surface area contributed by atoms with Gasteiger partial charge in [0.05, 0.1) is 16.5 Å². The van der Waals surface area contributed by atoms with Crippen molar-refractivity contribution in [2.24, 2.45) is 0 Å². The molecule has 1 N–H and O–H groups in total. The molecular weight excluding hydrogens is 370 g/mol. The molecule has 1 aromatic heterocycles. The van der Waals surface area contributed by atoms with Gasteiger partial charge >= 0.3 is 5.97 Å². The third kappa shape index (κ3) is 4.18. The Morgan fingerprint density at radius 3 is 2.76 bits per heavy atom. The van der Waals surface area contributed by atoms with E-state index in [2.05, 4.69) is 10.3 Å². The number of amides is 1. The smallest absolute Gasteiger partial charge is 0.338 e. The number of aromatic nitrogens is 2. The van der Waals surface area contributed by atoms with E-state index in [1.54, 1.807) is 29.7 Å². The molecule has 1 aliphatic carbocycles. The number of esters is 1. The van der Waals surface area contributed by atoms with Crippen LogP contribution in [-0.2, 0) is 22.5 Å². The molecule has 0 unspecified atom stereocenters. The fraction of sp³-hybridized carbons (Fsp3) is 0.545. The van der Waals surface area contributed by atoms with Crippen LogP contribution in [-0.4, -0.2) is 33.6 Å². The second-order valence-electron chi connectivity index (χ2n) is 8.06. The first kappa shape index (κ1) is 19.6. The molecule has 4 rings (SSSR count). The fourth-order valence-corrected chi connectivity index (χ4v) is 4.22. The fourth-order valence-electron chi connectivity index (χ4n) is 4.22. The minimum Gasteiger partial charge on any atom is -0.449 e. The second kappa shape index (κ2) is 8.35. The predicted octanol–water partition coefficient (Wildman–Crippen LogP) is 2.73. The van der Waals surface area contributed by atoms with Crippen molar-refractivity contribution in [3.63, 3.8) is 0 Å². The van der Waals surface area contributed by atoms with Crippen LogP contribution in [0, 0.1) is 0 Å². The summed E-state index contributed by atoms with van der Waals surface area (Å²) in [5.74, 6) is -0.0830. The van der Waals surface area contributed by atoms with Gasteiger partial charge in [-0.05, 0) is 50.8 Å². The van der Waals surface area contributed by atoms with Crippen LogP contribution in [0.25, 0.3) is 10.9 Å². The Balaban J connectivity index is 1.51. The highest BCUT2D eigenvalue weighted by molar-refractivity contribution is 5.95. The minimum atomic E-state index is -0.871. The van der Waals surface area contributed by atoms with Crippen molar-refractivity contribution in [1.82, 2.24) is 14.9 Å². The topological polar surface area (TPSA) is 90.3 Å². The van der Waals surface area contributed by atoms with Gasteiger partial charge in [0.15, 0.2) is 6.10 Å². The van der Waals surface area contributed by atoms with E-state index < -0.39 is 12.1 Å². The molecule has 0 radical (unpaired) electrons. The van der Waals surface area contributed by atoms with Gasteiger partial charge in [-0.2, -0.15) is 0 Å². The first-order valence-corrected chi connectivity index (χ1v) is 10.6. The van der Waals surface area contributed by atoms with Crippen molar-refractivity contribution in [2.45, 2.75) is 77.0 Å². The molecule has 29 heavy (non-hydrogen) atoms. The Morgan fingerprint density at radius 1 is 1.17 bits per heavy atom. The second-order valence-corrected chi connectivity index (χ2v) is 8.06. The van der Waals surface area contributed by atoms with Gasteiger partial charge in [-0.1, -0.05) is 19.3 Å². The summed E-state index contributed by atoms with van der Waals surface area (Å²) in [6.07, 6.45) is 7.14. The summed E-state index contributed by atoms with van der Waals surface area (Å²) in [5.41, 5.74) is 0.736. The minimum absolute atomic E-state index is 0.0591. The zero-order valence-corrected chi connectivity index (χ0v) is 16.8. The summed E-state index contributed by atoms with van der Waals surface area (Å²) in [6, 6.07) is 4.96. The molecule has 1 aliphatic heterocycles. The number of carbonyl (C=O) groups is 2. The SMILES string of the molecule is C[C@H](OC(=O)c1ccc2c(=O)n3c(nc2c1)CCCCC3)C(=O)NC1CCCC1. The zero-order valence-electron chi connectivity index (χ0n) is 16.8. The van der Waals surface area contributed by atoms with Crippen LogP contribution in [0.2, 0.25) is 0 Å². The molecule has 1 amide bonds. The van der Waals surface area contributed by atoms with Gasteiger partial charge in [-0.15, -0.1) is 0 Å². The molecule has 1 saturated carbocycles. The van der Waals surface area contributed by atoms with E-state index in [4.69, 9.17) is 4.74 Å². The van der Waals surface area contributed by atoms with E-state index in [-0.39, 0.29) is 17.5 Å². The number of nitrogens with zero attached hydrogens (tertiary/aromatic N) is 2. The molecule has 2 heterocycles. The van der Waals surface area contributed by atoms with Gasteiger partial charge in [0.1, 0.15) is 5.82 Å². The van der Waals surface area contributed by atoms with Gasteiger partial charge < -0.3 is 10.1 Å². The third-order valence-electron chi connectivity index (χ3n) is 5.91. The van der Waals surface area contributed by atoms with E-state index in [1.807, 2.05) is 0 Å². The van der Waals surface area contributed by atoms with Gasteiger partial charge in [-0.25, -0.2) is 9.78 Å². The Kier molecular flexibility index (Phi) is 5.65. The summed E-state index contributed by atoms with van der Waals surface area (Å²) in [5, 5.41) is 3.44. The Bertz CT molecular complexity index is 991. The largest absolute Gasteiger partial charge is 0.449 e. The third-order valence-corrected chi connectivity index (χ3v) is 5.91. The van der Waals surface area contributed by atoms with Crippen molar-refractivity contribution >= 4 is 22.8 Å². The van der Waals surface area contributed by atoms with E-state index in [0.717, 1.165) is 57.2 Å². The summed E-state index contributed by atoms with van der Waals surface area (Å²) < 4.78 is 7.11. The van der Waals surface area contributed by atoms with Crippen LogP contribution in [0.15, 0.2) is 23.0 Å². The summed E-state index contributed by atoms with van der Waals surface area (Å²) in [7, 11) is 0. The normalized spacial score (nSPS) is 18.1. The summed E-state index contributed by atoms with van der Waals surface area (Å²) in [6.45, 7) is 2.27. The van der Waals surface area contributed by atoms with E-state index in [9.17, 15) is 14.4 Å². The maximum Gasteiger partial charge on any atom is 0.338 e. The van der Waals surface area contributed by atoms with Crippen LogP contribution in [0.5, 0.6) is 0 Å². The number of hydrogen-bond donors (Lipinski definition) is 1. The lowest BCUT2D eigenvalue weighted by atomic mass is 10.1. The number of aryl methyl sites for hydroxylation is 1. The Morgan fingerprint density at radius 2 is 1.97 bits per heavy atom. The number of rotatable bonds is 4. The molecule has 2 aromatic rings. The molecule has 1 aromatic carbocycles. The number of benzene rings is 1. The van der Waals surface area contributed by atoms with Gasteiger partial charge in [0, 0.05) is 19.0 Å². The van der Waals surface area contributed by atoms with Crippen molar-refractivity contribution in [3.05, 3.63) is 39.9 Å². The molecule has 0 spiro atoms. The molecule has 0 bridgehead atoms. The maximum absolute atomic E-state index is 12.8. The average Bonchev–Trinajstić information content (AvgIpc) is 3.10. The maximum atomic E-state index is 12.8. The first-order valence-electron chi connectivity index (χ1n) is 10.6. The Hall–Kier alpha value is -2.70. The number of hydrogen-bond acceptors (Lipinski definition) is 5. The molecule has 0 saturated heterocycles. The monoisotopic (exact) mass is 397 g/mol. The highest BCUT2D eigenvalue weighted by Gasteiger charge is 2.24. The quantitative estimate of drug-likeness (QED) is 0.801. The van der Waals surface area contributed by atoms with Crippen LogP contribution in [0.4, 0.5) is 0 Å². The van der Waals surface area contributed by atoms with Gasteiger partial charge in [0.2, 0.25) is 0 Å². The van der Waals surface area contributed by atoms with Gasteiger partial charge in [-0.3, -0.25) is 14.2 Å². The number of carbonyl (C=O) groups excluding carboxylic acids is 2. The van der Waals surface area contributed by atoms with E-state index in [1.165, 1.54) is 0 Å². The number of fused-ring (bicyclic) bond motifs is 2. The van der Waals surface area contributed by atoms with Crippen LogP contribution < -0.4 is 10.9 Å². The first-order chi connectivity index (χ1) is 14.0. The highest BCUT2D eigenvalue weighted by Crippen LogP contribution is 2.19. The molecule has 7 heteroatoms. The molecule has 7 nitrogen and oxygen atoms in total. The number of ether oxygens (including phenoxy) is 1. The van der Waals surface area contributed by atoms with Crippen molar-refractivity contribution in [1.29, 1.82) is 0 Å². The summed E-state index contributed by atoms with van der Waals surface area (Å²) >= 11 is 0. The summed E-state index contributed by atoms with van der Waals surface area (Å²) in [4.78, 5) is 42.3. The van der Waals surface area contributed by atoms with Gasteiger partial charge in [0.25, 0.3) is 11.5 Å². The molecular formula is C22H27N3O4. The lowest BCUT2D eigenvalue weighted by Gasteiger charge is -2.17. The predicted molar refractivity (Wildman–Crippen MR) is 109 cm³/mol. The molecule has 1 atom stereocenters. The van der Waals surface area contributed by atoms with Crippen molar-refractivity contribution < 1.29 is 14.3 Å². The molecule has 2 aliphatic rings. The number of nitrogens with one attached hydrogen (secondary N) is 1. The Labute approximate surface area is 169 Å². The highest BCUT2D eigenvalue weighted by atomic mass is 16.5. The van der Waals surface area contributed by atoms with Crippen LogP contribution in [0.1, 0.15) is 68.1 Å². The lowest BCUT2D eigenvalue weighted by Crippen LogP contribution is -2.40. The lowest BCUT2D eigenvalue weighted by molar-refractivity contribution is -0.129. The average molecular weight is 397 g/mol. The van der Waals surface area contributed by atoms with Crippen LogP contribution >= 0.6 is 0 Å². The van der Waals surface area contributed by atoms with Crippen molar-refractivity contribution in [3.8, 4) is 0 Å². The van der Waals surface area contributed by atoms with Crippen LogP contribution in [0.3, 0.4) is 0 Å². The zero-order chi connectivity index (χ0) is 20.4. The standard InChI is InChI=1S/C22H27N3O4/c1-14(20(26)23-16-7-4-5-8-16)29-22(28)15-10-11-17-18(13-15)24-19-9-3-2-6-12-25(19)21(17)27/h10-11,13-14,16H,2-9,12H2,1H3,(H,23,26)/t14-/m0/s1. The van der Waals surface area contributed by atoms with E-state index in [0.29, 0.717) is 23.0 Å².